The van der Waals surface area contributed by atoms with Crippen LogP contribution in [0.2, 0.25) is 0 Å². The van der Waals surface area contributed by atoms with Crippen molar-refractivity contribution in [1.29, 1.82) is 0 Å². The average Bonchev–Trinajstić information content (AvgIpc) is 2.69. The van der Waals surface area contributed by atoms with Crippen molar-refractivity contribution in [2.45, 2.75) is 25.7 Å². The summed E-state index contributed by atoms with van der Waals surface area (Å²) in [5.41, 5.74) is 3.18. The van der Waals surface area contributed by atoms with Gasteiger partial charge < -0.3 is 4.90 Å². The van der Waals surface area contributed by atoms with Gasteiger partial charge in [-0.25, -0.2) is 4.98 Å². The Kier molecular flexibility index (Phi) is 3.33. The zero-order chi connectivity index (χ0) is 8.93. The average molecular weight is 196 g/mol. The highest BCUT2D eigenvalue weighted by Crippen LogP contribution is 2.09. The van der Waals surface area contributed by atoms with Gasteiger partial charge in [0, 0.05) is 18.3 Å². The standard InChI is InChI=1S/C10H16N2S/c1-2-5-12(6-3-1)7-4-10-8-13-9-11-10/h8-9H,1-7H2. The van der Waals surface area contributed by atoms with Gasteiger partial charge >= 0.3 is 0 Å². The quantitative estimate of drug-likeness (QED) is 0.736. The second-order valence-electron chi connectivity index (χ2n) is 3.63. The lowest BCUT2D eigenvalue weighted by molar-refractivity contribution is 0.231. The van der Waals surface area contributed by atoms with Crippen LogP contribution in [0.3, 0.4) is 0 Å². The summed E-state index contributed by atoms with van der Waals surface area (Å²) >= 11 is 1.70. The summed E-state index contributed by atoms with van der Waals surface area (Å²) in [5.74, 6) is 0. The van der Waals surface area contributed by atoms with Gasteiger partial charge in [0.1, 0.15) is 0 Å². The summed E-state index contributed by atoms with van der Waals surface area (Å²) in [4.78, 5) is 6.85. The molecule has 0 unspecified atom stereocenters. The molecule has 0 spiro atoms. The smallest absolute Gasteiger partial charge is 0.0794 e. The fourth-order valence-electron chi connectivity index (χ4n) is 1.82. The van der Waals surface area contributed by atoms with E-state index in [0.29, 0.717) is 0 Å². The van der Waals surface area contributed by atoms with Crippen molar-refractivity contribution < 1.29 is 0 Å². The molecular weight excluding hydrogens is 180 g/mol. The summed E-state index contributed by atoms with van der Waals surface area (Å²) in [7, 11) is 0. The molecule has 0 amide bonds. The lowest BCUT2D eigenvalue weighted by Crippen LogP contribution is -2.31. The highest BCUT2D eigenvalue weighted by atomic mass is 32.1. The van der Waals surface area contributed by atoms with Gasteiger partial charge in [0.05, 0.1) is 11.2 Å². The van der Waals surface area contributed by atoms with E-state index < -0.39 is 0 Å². The van der Waals surface area contributed by atoms with E-state index in [9.17, 15) is 0 Å². The Labute approximate surface area is 83.6 Å². The fourth-order valence-corrected chi connectivity index (χ4v) is 2.41. The SMILES string of the molecule is c1nc(CCN2CCCCC2)cs1. The Morgan fingerprint density at radius 2 is 2.15 bits per heavy atom. The van der Waals surface area contributed by atoms with Crippen molar-refractivity contribution in [1.82, 2.24) is 9.88 Å². The number of thiazole rings is 1. The van der Waals surface area contributed by atoms with Crippen LogP contribution in [0.4, 0.5) is 0 Å². The van der Waals surface area contributed by atoms with E-state index in [1.807, 2.05) is 5.51 Å². The normalized spacial score (nSPS) is 19.1. The maximum Gasteiger partial charge on any atom is 0.0794 e. The minimum Gasteiger partial charge on any atom is -0.303 e. The van der Waals surface area contributed by atoms with E-state index in [1.165, 1.54) is 44.6 Å². The molecule has 1 aliphatic heterocycles. The summed E-state index contributed by atoms with van der Waals surface area (Å²) in [6.45, 7) is 3.79. The van der Waals surface area contributed by atoms with Gasteiger partial charge in [0.2, 0.25) is 0 Å². The predicted octanol–water partition coefficient (Wildman–Crippen LogP) is 2.17. The molecule has 1 aromatic rings. The predicted molar refractivity (Wildman–Crippen MR) is 56.1 cm³/mol. The molecule has 0 aromatic carbocycles. The summed E-state index contributed by atoms with van der Waals surface area (Å²) in [6.07, 6.45) is 5.32. The number of nitrogens with zero attached hydrogens (tertiary/aromatic N) is 2. The van der Waals surface area contributed by atoms with Crippen molar-refractivity contribution in [3.8, 4) is 0 Å². The molecule has 0 N–H and O–H groups in total. The molecule has 0 saturated carbocycles. The van der Waals surface area contributed by atoms with Crippen molar-refractivity contribution in [2.24, 2.45) is 0 Å². The third-order valence-corrected chi connectivity index (χ3v) is 3.25. The lowest BCUT2D eigenvalue weighted by Gasteiger charge is -2.25. The second-order valence-corrected chi connectivity index (χ2v) is 4.35. The number of rotatable bonds is 3. The van der Waals surface area contributed by atoms with Gasteiger partial charge in [0.25, 0.3) is 0 Å². The molecule has 0 atom stereocenters. The zero-order valence-electron chi connectivity index (χ0n) is 7.91. The van der Waals surface area contributed by atoms with E-state index in [2.05, 4.69) is 15.3 Å². The van der Waals surface area contributed by atoms with Crippen LogP contribution in [0, 0.1) is 0 Å². The van der Waals surface area contributed by atoms with Gasteiger partial charge in [-0.2, -0.15) is 0 Å². The Hall–Kier alpha value is -0.410. The third kappa shape index (κ3) is 2.78. The number of hydrogen-bond acceptors (Lipinski definition) is 3. The molecule has 1 aromatic heterocycles. The Morgan fingerprint density at radius 1 is 1.31 bits per heavy atom. The van der Waals surface area contributed by atoms with Crippen LogP contribution in [0.25, 0.3) is 0 Å². The molecule has 72 valence electrons. The van der Waals surface area contributed by atoms with Gasteiger partial charge in [0.15, 0.2) is 0 Å². The molecule has 2 nitrogen and oxygen atoms in total. The molecular formula is C10H16N2S. The monoisotopic (exact) mass is 196 g/mol. The van der Waals surface area contributed by atoms with Crippen LogP contribution in [0.15, 0.2) is 10.9 Å². The molecule has 3 heteroatoms. The molecule has 0 radical (unpaired) electrons. The number of aromatic nitrogens is 1. The molecule has 0 bridgehead atoms. The zero-order valence-corrected chi connectivity index (χ0v) is 8.72. The van der Waals surface area contributed by atoms with Crippen LogP contribution in [0.1, 0.15) is 25.0 Å². The van der Waals surface area contributed by atoms with E-state index in [4.69, 9.17) is 0 Å². The van der Waals surface area contributed by atoms with Crippen molar-refractivity contribution in [3.63, 3.8) is 0 Å². The highest BCUT2D eigenvalue weighted by molar-refractivity contribution is 7.07. The number of piperidine rings is 1. The summed E-state index contributed by atoms with van der Waals surface area (Å²) in [5, 5.41) is 2.16. The topological polar surface area (TPSA) is 16.1 Å². The van der Waals surface area contributed by atoms with Crippen LogP contribution in [-0.2, 0) is 6.42 Å². The van der Waals surface area contributed by atoms with Crippen LogP contribution in [0.5, 0.6) is 0 Å². The first-order chi connectivity index (χ1) is 6.45. The number of likely N-dealkylation sites (tertiary alicyclic amines) is 1. The number of hydrogen-bond donors (Lipinski definition) is 0. The first kappa shape index (κ1) is 9.16. The van der Waals surface area contributed by atoms with Crippen LogP contribution >= 0.6 is 11.3 Å². The fraction of sp³-hybridized carbons (Fsp3) is 0.700. The summed E-state index contributed by atoms with van der Waals surface area (Å²) < 4.78 is 0. The Morgan fingerprint density at radius 3 is 2.85 bits per heavy atom. The molecule has 13 heavy (non-hydrogen) atoms. The minimum atomic E-state index is 1.13. The van der Waals surface area contributed by atoms with Crippen LogP contribution in [-0.4, -0.2) is 29.5 Å². The molecule has 1 aliphatic rings. The molecule has 1 saturated heterocycles. The molecule has 2 heterocycles. The lowest BCUT2D eigenvalue weighted by atomic mass is 10.1. The Bertz CT molecular complexity index is 227. The van der Waals surface area contributed by atoms with E-state index >= 15 is 0 Å². The first-order valence-electron chi connectivity index (χ1n) is 5.04. The van der Waals surface area contributed by atoms with E-state index in [-0.39, 0.29) is 0 Å². The third-order valence-electron chi connectivity index (χ3n) is 2.62. The van der Waals surface area contributed by atoms with Gasteiger partial charge in [-0.3, -0.25) is 0 Å². The van der Waals surface area contributed by atoms with Crippen LogP contribution < -0.4 is 0 Å². The van der Waals surface area contributed by atoms with E-state index in [0.717, 1.165) is 6.42 Å². The molecule has 2 rings (SSSR count). The highest BCUT2D eigenvalue weighted by Gasteiger charge is 2.09. The second kappa shape index (κ2) is 4.72. The van der Waals surface area contributed by atoms with Gasteiger partial charge in [-0.05, 0) is 25.9 Å². The Balaban J connectivity index is 1.72. The van der Waals surface area contributed by atoms with E-state index in [1.54, 1.807) is 11.3 Å². The van der Waals surface area contributed by atoms with Crippen molar-refractivity contribution in [2.75, 3.05) is 19.6 Å². The first-order valence-corrected chi connectivity index (χ1v) is 5.99. The molecule has 0 aliphatic carbocycles. The minimum absolute atomic E-state index is 1.13. The summed E-state index contributed by atoms with van der Waals surface area (Å²) in [6, 6.07) is 0. The largest absolute Gasteiger partial charge is 0.303 e. The van der Waals surface area contributed by atoms with Gasteiger partial charge in [-0.15, -0.1) is 11.3 Å². The van der Waals surface area contributed by atoms with Crippen molar-refractivity contribution in [3.05, 3.63) is 16.6 Å². The van der Waals surface area contributed by atoms with Crippen molar-refractivity contribution >= 4 is 11.3 Å². The van der Waals surface area contributed by atoms with Gasteiger partial charge in [-0.1, -0.05) is 6.42 Å². The molecule has 1 fully saturated rings. The maximum atomic E-state index is 4.29. The maximum absolute atomic E-state index is 4.29.